The molecule has 5 N–H and O–H groups in total. The molecule has 0 radical (unpaired) electrons. The number of fused-ring (bicyclic) bond motifs is 6. The number of benzene rings is 1. The molecule has 4 amide bonds. The smallest absolute Gasteiger partial charge is 0.271 e. The minimum absolute atomic E-state index is 0.0512. The zero-order valence-corrected chi connectivity index (χ0v) is 21.4. The van der Waals surface area contributed by atoms with Crippen molar-refractivity contribution < 1.29 is 19.2 Å². The summed E-state index contributed by atoms with van der Waals surface area (Å²) in [5, 5.41) is 7.08. The van der Waals surface area contributed by atoms with E-state index in [0.717, 1.165) is 6.42 Å². The first-order chi connectivity index (χ1) is 17.7. The molecular weight excluding hydrogens is 517 g/mol. The standard InChI is InChI=1S/C26H27Cl2N5O4/c27-14-7-17(28)15-9-20(31-18(15)8-14)26(37)33-10-16-11-1-2-12(5-11)21(16)22(33)25(36)32-19(23(29)34)6-13-3-4-30-24(13)35/h1-2,7-9,11-13,16,19,21-22,31H,3-6,10H2,(H2,29,34)(H,30,35)(H,32,36)/t11-,12+,13+,16-,19?,21+,22+/m1/s1. The van der Waals surface area contributed by atoms with E-state index in [2.05, 4.69) is 27.8 Å². The summed E-state index contributed by atoms with van der Waals surface area (Å²) in [5.41, 5.74) is 6.57. The molecule has 1 unspecified atom stereocenters. The van der Waals surface area contributed by atoms with Crippen LogP contribution in [-0.2, 0) is 14.4 Å². The Kier molecular flexibility index (Phi) is 5.95. The van der Waals surface area contributed by atoms with E-state index in [4.69, 9.17) is 28.9 Å². The summed E-state index contributed by atoms with van der Waals surface area (Å²) in [4.78, 5) is 56.6. The van der Waals surface area contributed by atoms with Crippen LogP contribution in [0.5, 0.6) is 0 Å². The fraction of sp³-hybridized carbons (Fsp3) is 0.462. The normalized spacial score (nSPS) is 30.5. The fourth-order valence-electron chi connectivity index (χ4n) is 6.85. The molecule has 37 heavy (non-hydrogen) atoms. The third kappa shape index (κ3) is 4.08. The number of nitrogens with zero attached hydrogens (tertiary/aromatic N) is 1. The number of H-pyrrole nitrogens is 1. The van der Waals surface area contributed by atoms with Crippen LogP contribution in [0.2, 0.25) is 10.0 Å². The lowest BCUT2D eigenvalue weighted by Gasteiger charge is -2.30. The highest BCUT2D eigenvalue weighted by atomic mass is 35.5. The first-order valence-electron chi connectivity index (χ1n) is 12.6. The zero-order chi connectivity index (χ0) is 26.0. The minimum atomic E-state index is -1.000. The molecule has 194 valence electrons. The molecule has 6 rings (SSSR count). The van der Waals surface area contributed by atoms with Gasteiger partial charge in [-0.15, -0.1) is 0 Å². The predicted octanol–water partition coefficient (Wildman–Crippen LogP) is 2.23. The number of primary amides is 1. The van der Waals surface area contributed by atoms with Crippen LogP contribution >= 0.6 is 23.2 Å². The van der Waals surface area contributed by atoms with Gasteiger partial charge in [0.1, 0.15) is 17.8 Å². The predicted molar refractivity (Wildman–Crippen MR) is 138 cm³/mol. The van der Waals surface area contributed by atoms with Gasteiger partial charge in [-0.2, -0.15) is 0 Å². The number of hydrogen-bond acceptors (Lipinski definition) is 4. The largest absolute Gasteiger partial charge is 0.368 e. The maximum Gasteiger partial charge on any atom is 0.271 e. The summed E-state index contributed by atoms with van der Waals surface area (Å²) in [6.07, 6.45) is 6.00. The van der Waals surface area contributed by atoms with Crippen LogP contribution in [0.1, 0.15) is 29.8 Å². The zero-order valence-electron chi connectivity index (χ0n) is 19.9. The number of carbonyl (C=O) groups is 4. The Hall–Kier alpha value is -3.04. The van der Waals surface area contributed by atoms with E-state index in [0.29, 0.717) is 52.1 Å². The van der Waals surface area contributed by atoms with Crippen molar-refractivity contribution in [2.45, 2.75) is 31.3 Å². The first-order valence-corrected chi connectivity index (χ1v) is 13.3. The van der Waals surface area contributed by atoms with E-state index in [1.54, 1.807) is 23.1 Å². The van der Waals surface area contributed by atoms with Gasteiger partial charge in [0.05, 0.1) is 5.02 Å². The molecule has 3 heterocycles. The SMILES string of the molecule is NC(=O)C(C[C@@H]1CCNC1=O)NC(=O)[C@@H]1[C@@H]2[C@H](CN1C(=O)c1cc3c(Cl)cc(Cl)cc3[nH]1)[C@@H]1C=C[C@H]2C1. The van der Waals surface area contributed by atoms with Gasteiger partial charge in [-0.3, -0.25) is 19.2 Å². The van der Waals surface area contributed by atoms with Crippen molar-refractivity contribution in [1.82, 2.24) is 20.5 Å². The number of nitrogens with two attached hydrogens (primary N) is 1. The third-order valence-electron chi connectivity index (χ3n) is 8.55. The number of halogens is 2. The molecule has 2 saturated heterocycles. The van der Waals surface area contributed by atoms with Gasteiger partial charge in [-0.25, -0.2) is 0 Å². The van der Waals surface area contributed by atoms with Crippen molar-refractivity contribution in [1.29, 1.82) is 0 Å². The second-order valence-corrected chi connectivity index (χ2v) is 11.4. The Balaban J connectivity index is 1.29. The second-order valence-electron chi connectivity index (χ2n) is 10.6. The van der Waals surface area contributed by atoms with Gasteiger partial charge in [0.25, 0.3) is 5.91 Å². The Labute approximate surface area is 223 Å². The van der Waals surface area contributed by atoms with E-state index in [1.807, 2.05) is 0 Å². The van der Waals surface area contributed by atoms with Crippen LogP contribution in [0, 0.1) is 29.6 Å². The summed E-state index contributed by atoms with van der Waals surface area (Å²) in [6, 6.07) is 3.23. The number of aromatic amines is 1. The molecule has 1 saturated carbocycles. The molecule has 2 aliphatic heterocycles. The summed E-state index contributed by atoms with van der Waals surface area (Å²) in [6.45, 7) is 0.968. The number of rotatable bonds is 6. The topological polar surface area (TPSA) is 137 Å². The summed E-state index contributed by atoms with van der Waals surface area (Å²) < 4.78 is 0. The van der Waals surface area contributed by atoms with E-state index in [1.165, 1.54) is 0 Å². The van der Waals surface area contributed by atoms with Gasteiger partial charge < -0.3 is 26.3 Å². The van der Waals surface area contributed by atoms with Gasteiger partial charge in [-0.05, 0) is 61.1 Å². The number of hydrogen-bond donors (Lipinski definition) is 4. The van der Waals surface area contributed by atoms with Crippen LogP contribution < -0.4 is 16.4 Å². The van der Waals surface area contributed by atoms with Crippen LogP contribution in [0.4, 0.5) is 0 Å². The highest BCUT2D eigenvalue weighted by Crippen LogP contribution is 2.54. The Morgan fingerprint density at radius 1 is 1.16 bits per heavy atom. The maximum atomic E-state index is 13.8. The summed E-state index contributed by atoms with van der Waals surface area (Å²) >= 11 is 12.5. The van der Waals surface area contributed by atoms with E-state index < -0.39 is 23.9 Å². The molecule has 0 spiro atoms. The van der Waals surface area contributed by atoms with Gasteiger partial charge >= 0.3 is 0 Å². The molecule has 2 bridgehead atoms. The number of likely N-dealkylation sites (tertiary alicyclic amines) is 1. The van der Waals surface area contributed by atoms with Crippen LogP contribution in [0.25, 0.3) is 10.9 Å². The lowest BCUT2D eigenvalue weighted by atomic mass is 9.81. The van der Waals surface area contributed by atoms with Crippen molar-refractivity contribution >= 4 is 57.7 Å². The van der Waals surface area contributed by atoms with E-state index in [9.17, 15) is 19.2 Å². The Bertz CT molecular complexity index is 1360. The van der Waals surface area contributed by atoms with Gasteiger partial charge in [-0.1, -0.05) is 35.4 Å². The van der Waals surface area contributed by atoms with Crippen LogP contribution in [-0.4, -0.2) is 58.7 Å². The fourth-order valence-corrected chi connectivity index (χ4v) is 7.40. The monoisotopic (exact) mass is 543 g/mol. The quantitative estimate of drug-likeness (QED) is 0.415. The average molecular weight is 544 g/mol. The van der Waals surface area contributed by atoms with E-state index in [-0.39, 0.29) is 41.9 Å². The average Bonchev–Trinajstić information content (AvgIpc) is 3.65. The number of amides is 4. The minimum Gasteiger partial charge on any atom is -0.368 e. The van der Waals surface area contributed by atoms with Crippen molar-refractivity contribution in [2.24, 2.45) is 35.3 Å². The molecule has 7 atom stereocenters. The first kappa shape index (κ1) is 24.3. The van der Waals surface area contributed by atoms with Gasteiger partial charge in [0.15, 0.2) is 0 Å². The second kappa shape index (κ2) is 9.06. The maximum absolute atomic E-state index is 13.8. The highest BCUT2D eigenvalue weighted by Gasteiger charge is 2.58. The van der Waals surface area contributed by atoms with Gasteiger partial charge in [0.2, 0.25) is 17.7 Å². The molecule has 2 aromatic rings. The van der Waals surface area contributed by atoms with E-state index >= 15 is 0 Å². The summed E-state index contributed by atoms with van der Waals surface area (Å²) in [7, 11) is 0. The molecule has 9 nitrogen and oxygen atoms in total. The van der Waals surface area contributed by atoms with Crippen molar-refractivity contribution in [3.05, 3.63) is 46.1 Å². The third-order valence-corrected chi connectivity index (χ3v) is 9.08. The Morgan fingerprint density at radius 3 is 2.68 bits per heavy atom. The van der Waals surface area contributed by atoms with Gasteiger partial charge in [0, 0.05) is 34.9 Å². The van der Waals surface area contributed by atoms with Crippen molar-refractivity contribution in [3.8, 4) is 0 Å². The Morgan fingerprint density at radius 2 is 1.95 bits per heavy atom. The number of allylic oxidation sites excluding steroid dienone is 2. The lowest BCUT2D eigenvalue weighted by molar-refractivity contribution is -0.132. The molecule has 2 aliphatic carbocycles. The molecule has 1 aromatic heterocycles. The summed E-state index contributed by atoms with van der Waals surface area (Å²) in [5.74, 6) is -1.36. The van der Waals surface area contributed by atoms with Crippen molar-refractivity contribution in [3.63, 3.8) is 0 Å². The lowest BCUT2D eigenvalue weighted by Crippen LogP contribution is -2.55. The molecule has 4 aliphatic rings. The number of carbonyl (C=O) groups excluding carboxylic acids is 4. The van der Waals surface area contributed by atoms with Crippen LogP contribution in [0.3, 0.4) is 0 Å². The molecule has 11 heteroatoms. The van der Waals surface area contributed by atoms with Crippen LogP contribution in [0.15, 0.2) is 30.4 Å². The van der Waals surface area contributed by atoms with Crippen molar-refractivity contribution in [2.75, 3.05) is 13.1 Å². The highest BCUT2D eigenvalue weighted by molar-refractivity contribution is 6.38. The molecule has 3 fully saturated rings. The number of aromatic nitrogens is 1. The number of nitrogens with one attached hydrogen (secondary N) is 3. The molecular formula is C26H27Cl2N5O4. The molecule has 1 aromatic carbocycles.